The van der Waals surface area contributed by atoms with Crippen molar-refractivity contribution < 1.29 is 5.21 Å². The Labute approximate surface area is 112 Å². The smallest absolute Gasteiger partial charge is 0.171 e. The number of anilines is 1. The van der Waals surface area contributed by atoms with Crippen LogP contribution in [0.15, 0.2) is 23.4 Å². The van der Waals surface area contributed by atoms with E-state index in [0.717, 1.165) is 18.8 Å². The molecule has 0 amide bonds. The molecule has 98 valence electrons. The van der Waals surface area contributed by atoms with Gasteiger partial charge < -0.3 is 15.8 Å². The predicted octanol–water partition coefficient (Wildman–Crippen LogP) is 2.67. The third-order valence-corrected chi connectivity index (χ3v) is 3.69. The number of hydrogen-bond acceptors (Lipinski definition) is 3. The van der Waals surface area contributed by atoms with Crippen molar-refractivity contribution in [2.75, 3.05) is 18.0 Å². The molecule has 5 heteroatoms. The van der Waals surface area contributed by atoms with Gasteiger partial charge in [0.15, 0.2) is 5.84 Å². The summed E-state index contributed by atoms with van der Waals surface area (Å²) in [5.74, 6) is 0.0355. The van der Waals surface area contributed by atoms with Gasteiger partial charge in [-0.05, 0) is 30.0 Å². The molecule has 0 bridgehead atoms. The van der Waals surface area contributed by atoms with Crippen LogP contribution in [0.1, 0.15) is 25.8 Å². The number of rotatable bonds is 2. The first-order valence-corrected chi connectivity index (χ1v) is 6.33. The summed E-state index contributed by atoms with van der Waals surface area (Å²) in [6.45, 7) is 6.58. The number of nitrogens with two attached hydrogens (primary N) is 1. The van der Waals surface area contributed by atoms with Gasteiger partial charge in [-0.2, -0.15) is 0 Å². The SMILES string of the molecule is CC1(C)CCN(c2ccc(C(N)=NO)c(Cl)c2)C1. The topological polar surface area (TPSA) is 61.8 Å². The molecule has 4 nitrogen and oxygen atoms in total. The Balaban J connectivity index is 2.25. The van der Waals surface area contributed by atoms with Crippen LogP contribution in [0, 0.1) is 5.41 Å². The third-order valence-electron chi connectivity index (χ3n) is 3.38. The van der Waals surface area contributed by atoms with Crippen molar-refractivity contribution in [2.45, 2.75) is 20.3 Å². The second-order valence-corrected chi connectivity index (χ2v) is 5.89. The van der Waals surface area contributed by atoms with E-state index < -0.39 is 0 Å². The van der Waals surface area contributed by atoms with Gasteiger partial charge in [0.25, 0.3) is 0 Å². The van der Waals surface area contributed by atoms with E-state index in [4.69, 9.17) is 22.5 Å². The highest BCUT2D eigenvalue weighted by Crippen LogP contribution is 2.33. The summed E-state index contributed by atoms with van der Waals surface area (Å²) in [4.78, 5) is 2.31. The van der Waals surface area contributed by atoms with E-state index >= 15 is 0 Å². The maximum Gasteiger partial charge on any atom is 0.171 e. The number of amidine groups is 1. The van der Waals surface area contributed by atoms with E-state index in [1.165, 1.54) is 6.42 Å². The average Bonchev–Trinajstić information content (AvgIpc) is 2.68. The highest BCUT2D eigenvalue weighted by molar-refractivity contribution is 6.34. The number of halogens is 1. The molecule has 0 atom stereocenters. The van der Waals surface area contributed by atoms with Crippen LogP contribution in [0.4, 0.5) is 5.69 Å². The molecule has 1 aromatic carbocycles. The molecule has 1 saturated heterocycles. The van der Waals surface area contributed by atoms with E-state index in [0.29, 0.717) is 16.0 Å². The monoisotopic (exact) mass is 267 g/mol. The summed E-state index contributed by atoms with van der Waals surface area (Å²) in [5, 5.41) is 12.1. The van der Waals surface area contributed by atoms with E-state index in [2.05, 4.69) is 23.9 Å². The largest absolute Gasteiger partial charge is 0.409 e. The van der Waals surface area contributed by atoms with Crippen LogP contribution < -0.4 is 10.6 Å². The van der Waals surface area contributed by atoms with Gasteiger partial charge in [-0.1, -0.05) is 30.6 Å². The minimum atomic E-state index is 0.0355. The molecule has 1 aromatic rings. The summed E-state index contributed by atoms with van der Waals surface area (Å²) in [6.07, 6.45) is 1.17. The summed E-state index contributed by atoms with van der Waals surface area (Å²) in [6, 6.07) is 5.62. The van der Waals surface area contributed by atoms with Gasteiger partial charge in [0.2, 0.25) is 0 Å². The van der Waals surface area contributed by atoms with Crippen LogP contribution in [0.25, 0.3) is 0 Å². The second kappa shape index (κ2) is 4.69. The van der Waals surface area contributed by atoms with Crippen molar-refractivity contribution in [1.82, 2.24) is 0 Å². The van der Waals surface area contributed by atoms with Crippen LogP contribution in [-0.2, 0) is 0 Å². The Morgan fingerprint density at radius 1 is 1.50 bits per heavy atom. The molecule has 1 fully saturated rings. The van der Waals surface area contributed by atoms with Crippen molar-refractivity contribution in [3.63, 3.8) is 0 Å². The highest BCUT2D eigenvalue weighted by atomic mass is 35.5. The van der Waals surface area contributed by atoms with Crippen molar-refractivity contribution in [3.05, 3.63) is 28.8 Å². The molecule has 0 aliphatic carbocycles. The van der Waals surface area contributed by atoms with Gasteiger partial charge >= 0.3 is 0 Å². The van der Waals surface area contributed by atoms with Crippen LogP contribution in [-0.4, -0.2) is 24.1 Å². The molecule has 0 spiro atoms. The van der Waals surface area contributed by atoms with E-state index in [-0.39, 0.29) is 5.84 Å². The van der Waals surface area contributed by atoms with Gasteiger partial charge in [0.1, 0.15) is 0 Å². The molecule has 18 heavy (non-hydrogen) atoms. The maximum absolute atomic E-state index is 8.66. The summed E-state index contributed by atoms with van der Waals surface area (Å²) in [5.41, 5.74) is 7.53. The van der Waals surface area contributed by atoms with Crippen LogP contribution in [0.5, 0.6) is 0 Å². The molecular weight excluding hydrogens is 250 g/mol. The third kappa shape index (κ3) is 2.53. The molecule has 3 N–H and O–H groups in total. The first-order chi connectivity index (χ1) is 8.43. The normalized spacial score (nSPS) is 19.3. The number of benzene rings is 1. The molecule has 2 rings (SSSR count). The van der Waals surface area contributed by atoms with Gasteiger partial charge in [0.05, 0.1) is 5.02 Å². The average molecular weight is 268 g/mol. The fraction of sp³-hybridized carbons (Fsp3) is 0.462. The number of hydrogen-bond donors (Lipinski definition) is 2. The van der Waals surface area contributed by atoms with Gasteiger partial charge in [-0.15, -0.1) is 0 Å². The van der Waals surface area contributed by atoms with Crippen molar-refractivity contribution in [1.29, 1.82) is 0 Å². The van der Waals surface area contributed by atoms with Crippen LogP contribution in [0.3, 0.4) is 0 Å². The van der Waals surface area contributed by atoms with Crippen molar-refractivity contribution in [2.24, 2.45) is 16.3 Å². The lowest BCUT2D eigenvalue weighted by molar-refractivity contribution is 0.318. The molecule has 0 unspecified atom stereocenters. The molecule has 1 heterocycles. The van der Waals surface area contributed by atoms with E-state index in [1.807, 2.05) is 12.1 Å². The Hall–Kier alpha value is -1.42. The Kier molecular flexibility index (Phi) is 3.39. The fourth-order valence-electron chi connectivity index (χ4n) is 2.30. The zero-order valence-electron chi connectivity index (χ0n) is 10.7. The summed E-state index contributed by atoms with van der Waals surface area (Å²) < 4.78 is 0. The maximum atomic E-state index is 8.66. The predicted molar refractivity (Wildman–Crippen MR) is 74.6 cm³/mol. The lowest BCUT2D eigenvalue weighted by atomic mass is 9.93. The Bertz CT molecular complexity index is 485. The lowest BCUT2D eigenvalue weighted by Crippen LogP contribution is -2.23. The highest BCUT2D eigenvalue weighted by Gasteiger charge is 2.29. The molecular formula is C13H18ClN3O. The summed E-state index contributed by atoms with van der Waals surface area (Å²) in [7, 11) is 0. The van der Waals surface area contributed by atoms with Crippen LogP contribution >= 0.6 is 11.6 Å². The summed E-state index contributed by atoms with van der Waals surface area (Å²) >= 11 is 6.15. The number of nitrogens with zero attached hydrogens (tertiary/aromatic N) is 2. The zero-order chi connectivity index (χ0) is 13.3. The number of oxime groups is 1. The minimum Gasteiger partial charge on any atom is -0.409 e. The van der Waals surface area contributed by atoms with Crippen molar-refractivity contribution in [3.8, 4) is 0 Å². The first-order valence-electron chi connectivity index (χ1n) is 5.95. The van der Waals surface area contributed by atoms with E-state index in [1.54, 1.807) is 6.07 Å². The van der Waals surface area contributed by atoms with Gasteiger partial charge in [-0.25, -0.2) is 0 Å². The molecule has 1 aliphatic heterocycles. The molecule has 0 saturated carbocycles. The van der Waals surface area contributed by atoms with Gasteiger partial charge in [-0.3, -0.25) is 0 Å². The lowest BCUT2D eigenvalue weighted by Gasteiger charge is -2.22. The second-order valence-electron chi connectivity index (χ2n) is 5.49. The standard InChI is InChI=1S/C13H18ClN3O/c1-13(2)5-6-17(8-13)9-3-4-10(11(14)7-9)12(15)16-18/h3-4,7,18H,5-6,8H2,1-2H3,(H2,15,16). The zero-order valence-corrected chi connectivity index (χ0v) is 11.4. The molecule has 1 aliphatic rings. The molecule has 0 aromatic heterocycles. The van der Waals surface area contributed by atoms with E-state index in [9.17, 15) is 0 Å². The van der Waals surface area contributed by atoms with Gasteiger partial charge in [0, 0.05) is 24.3 Å². The Morgan fingerprint density at radius 3 is 2.72 bits per heavy atom. The van der Waals surface area contributed by atoms with Crippen molar-refractivity contribution >= 4 is 23.1 Å². The fourth-order valence-corrected chi connectivity index (χ4v) is 2.57. The Morgan fingerprint density at radius 2 is 2.22 bits per heavy atom. The quantitative estimate of drug-likeness (QED) is 0.375. The minimum absolute atomic E-state index is 0.0355. The van der Waals surface area contributed by atoms with Crippen LogP contribution in [0.2, 0.25) is 5.02 Å². The first kappa shape index (κ1) is 13.0. The molecule has 0 radical (unpaired) electrons.